The lowest BCUT2D eigenvalue weighted by Crippen LogP contribution is -1.94. The molecular weight excluding hydrogens is 174 g/mol. The van der Waals surface area contributed by atoms with Crippen LogP contribution in [0.4, 0.5) is 0 Å². The molecule has 0 unspecified atom stereocenters. The molecule has 1 aromatic carbocycles. The first-order valence-electron chi connectivity index (χ1n) is 4.30. The minimum absolute atomic E-state index is 0.659. The van der Waals surface area contributed by atoms with Crippen molar-refractivity contribution < 1.29 is 5.11 Å². The molecule has 0 spiro atoms. The highest BCUT2D eigenvalue weighted by molar-refractivity contribution is 5.78. The second-order valence-electron chi connectivity index (χ2n) is 3.03. The van der Waals surface area contributed by atoms with Crippen LogP contribution >= 0.6 is 0 Å². The number of fused-ring (bicyclic) bond motifs is 1. The largest absolute Gasteiger partial charge is 0.376 e. The van der Waals surface area contributed by atoms with Crippen LogP contribution in [-0.4, -0.2) is 10.1 Å². The van der Waals surface area contributed by atoms with Crippen molar-refractivity contribution in [1.82, 2.24) is 4.98 Å². The van der Waals surface area contributed by atoms with Crippen LogP contribution in [0.25, 0.3) is 10.9 Å². The van der Waals surface area contributed by atoms with Crippen LogP contribution in [0.5, 0.6) is 0 Å². The molecule has 1 aromatic heterocycles. The number of benzene rings is 1. The van der Waals surface area contributed by atoms with Crippen molar-refractivity contribution in [3.05, 3.63) is 42.1 Å². The van der Waals surface area contributed by atoms with E-state index in [2.05, 4.69) is 10.9 Å². The predicted molar refractivity (Wildman–Crippen MR) is 55.5 cm³/mol. The van der Waals surface area contributed by atoms with E-state index in [1.165, 1.54) is 0 Å². The van der Waals surface area contributed by atoms with Crippen molar-refractivity contribution in [2.45, 2.75) is 6.10 Å². The lowest BCUT2D eigenvalue weighted by molar-refractivity contribution is 0.238. The number of nitrogens with zero attached hydrogens (tertiary/aromatic N) is 1. The van der Waals surface area contributed by atoms with Crippen molar-refractivity contribution in [3.63, 3.8) is 0 Å². The Balaban J connectivity index is 2.58. The van der Waals surface area contributed by atoms with E-state index < -0.39 is 6.10 Å². The second-order valence-corrected chi connectivity index (χ2v) is 3.03. The molecule has 14 heavy (non-hydrogen) atoms. The Morgan fingerprint density at radius 2 is 2.14 bits per heavy atom. The summed E-state index contributed by atoms with van der Waals surface area (Å²) < 4.78 is 0. The maximum Gasteiger partial charge on any atom is 0.141 e. The van der Waals surface area contributed by atoms with E-state index in [9.17, 15) is 5.11 Å². The summed E-state index contributed by atoms with van der Waals surface area (Å²) in [4.78, 5) is 4.19. The molecule has 0 radical (unpaired) electrons. The smallest absolute Gasteiger partial charge is 0.141 e. The number of hydrogen-bond acceptors (Lipinski definition) is 2. The molecule has 2 rings (SSSR count). The first-order valence-corrected chi connectivity index (χ1v) is 4.30. The minimum atomic E-state index is -0.868. The SMILES string of the molecule is C#C[C@@H](O)c1cnc2ccccc2c1. The maximum atomic E-state index is 9.41. The van der Waals surface area contributed by atoms with Gasteiger partial charge in [-0.15, -0.1) is 6.42 Å². The molecule has 0 saturated heterocycles. The fourth-order valence-electron chi connectivity index (χ4n) is 1.33. The fourth-order valence-corrected chi connectivity index (χ4v) is 1.33. The maximum absolute atomic E-state index is 9.41. The summed E-state index contributed by atoms with van der Waals surface area (Å²) in [5, 5.41) is 10.4. The van der Waals surface area contributed by atoms with Crippen LogP contribution < -0.4 is 0 Å². The van der Waals surface area contributed by atoms with E-state index in [1.54, 1.807) is 6.20 Å². The average molecular weight is 183 g/mol. The molecule has 2 nitrogen and oxygen atoms in total. The third-order valence-corrected chi connectivity index (χ3v) is 2.09. The van der Waals surface area contributed by atoms with E-state index in [-0.39, 0.29) is 0 Å². The zero-order chi connectivity index (χ0) is 9.97. The van der Waals surface area contributed by atoms with Gasteiger partial charge in [-0.3, -0.25) is 4.98 Å². The van der Waals surface area contributed by atoms with E-state index in [1.807, 2.05) is 30.3 Å². The Labute approximate surface area is 82.2 Å². The van der Waals surface area contributed by atoms with Gasteiger partial charge in [-0.1, -0.05) is 24.1 Å². The monoisotopic (exact) mass is 183 g/mol. The average Bonchev–Trinajstić information content (AvgIpc) is 2.27. The zero-order valence-corrected chi connectivity index (χ0v) is 7.51. The van der Waals surface area contributed by atoms with Gasteiger partial charge < -0.3 is 5.11 Å². The van der Waals surface area contributed by atoms with E-state index in [0.29, 0.717) is 5.56 Å². The van der Waals surface area contributed by atoms with Gasteiger partial charge >= 0.3 is 0 Å². The molecule has 1 atom stereocenters. The molecule has 2 heteroatoms. The summed E-state index contributed by atoms with van der Waals surface area (Å²) in [5.74, 6) is 2.26. The second kappa shape index (κ2) is 3.49. The summed E-state index contributed by atoms with van der Waals surface area (Å²) >= 11 is 0. The molecule has 0 fully saturated rings. The van der Waals surface area contributed by atoms with E-state index in [4.69, 9.17) is 6.42 Å². The van der Waals surface area contributed by atoms with Crippen LogP contribution in [0.1, 0.15) is 11.7 Å². The zero-order valence-electron chi connectivity index (χ0n) is 7.51. The van der Waals surface area contributed by atoms with E-state index >= 15 is 0 Å². The van der Waals surface area contributed by atoms with Crippen molar-refractivity contribution in [1.29, 1.82) is 0 Å². The summed E-state index contributed by atoms with van der Waals surface area (Å²) in [6, 6.07) is 9.56. The standard InChI is InChI=1S/C12H9NO/c1-2-12(14)10-7-9-5-3-4-6-11(9)13-8-10/h1,3-8,12,14H/t12-/m1/s1. The molecule has 0 aliphatic carbocycles. The first kappa shape index (κ1) is 8.74. The number of aromatic nitrogens is 1. The summed E-state index contributed by atoms with van der Waals surface area (Å²) in [6.45, 7) is 0. The lowest BCUT2D eigenvalue weighted by Gasteiger charge is -2.04. The first-order chi connectivity index (χ1) is 6.81. The van der Waals surface area contributed by atoms with Gasteiger partial charge in [0.05, 0.1) is 5.52 Å². The van der Waals surface area contributed by atoms with Gasteiger partial charge in [-0.05, 0) is 12.1 Å². The fraction of sp³-hybridized carbons (Fsp3) is 0.0833. The Morgan fingerprint density at radius 3 is 2.93 bits per heavy atom. The van der Waals surface area contributed by atoms with Crippen LogP contribution in [0, 0.1) is 12.3 Å². The van der Waals surface area contributed by atoms with Crippen LogP contribution in [0.2, 0.25) is 0 Å². The van der Waals surface area contributed by atoms with Crippen molar-refractivity contribution >= 4 is 10.9 Å². The number of aliphatic hydroxyl groups excluding tert-OH is 1. The lowest BCUT2D eigenvalue weighted by atomic mass is 10.1. The highest BCUT2D eigenvalue weighted by Crippen LogP contribution is 2.17. The van der Waals surface area contributed by atoms with Crippen molar-refractivity contribution in [3.8, 4) is 12.3 Å². The third-order valence-electron chi connectivity index (χ3n) is 2.09. The molecule has 1 heterocycles. The Kier molecular flexibility index (Phi) is 2.18. The molecule has 0 aliphatic rings. The number of pyridine rings is 1. The number of terminal acetylenes is 1. The van der Waals surface area contributed by atoms with Crippen molar-refractivity contribution in [2.24, 2.45) is 0 Å². The molecule has 0 aliphatic heterocycles. The molecule has 0 bridgehead atoms. The molecular formula is C12H9NO. The minimum Gasteiger partial charge on any atom is -0.376 e. The van der Waals surface area contributed by atoms with Gasteiger partial charge in [-0.2, -0.15) is 0 Å². The summed E-state index contributed by atoms with van der Waals surface area (Å²) in [6.07, 6.45) is 5.86. The van der Waals surface area contributed by atoms with Gasteiger partial charge in [0, 0.05) is 17.1 Å². The van der Waals surface area contributed by atoms with Crippen LogP contribution in [0.15, 0.2) is 36.5 Å². The molecule has 1 N–H and O–H groups in total. The van der Waals surface area contributed by atoms with Gasteiger partial charge in [0.2, 0.25) is 0 Å². The highest BCUT2D eigenvalue weighted by Gasteiger charge is 2.04. The van der Waals surface area contributed by atoms with Crippen molar-refractivity contribution in [2.75, 3.05) is 0 Å². The summed E-state index contributed by atoms with van der Waals surface area (Å²) in [5.41, 5.74) is 1.56. The molecule has 2 aromatic rings. The number of hydrogen-bond donors (Lipinski definition) is 1. The van der Waals surface area contributed by atoms with Gasteiger partial charge in [-0.25, -0.2) is 0 Å². The predicted octanol–water partition coefficient (Wildman–Crippen LogP) is 1.90. The topological polar surface area (TPSA) is 33.1 Å². The van der Waals surface area contributed by atoms with Gasteiger partial charge in [0.25, 0.3) is 0 Å². The number of rotatable bonds is 1. The Morgan fingerprint density at radius 1 is 1.36 bits per heavy atom. The normalized spacial score (nSPS) is 12.3. The quantitative estimate of drug-likeness (QED) is 0.685. The Hall–Kier alpha value is -1.85. The molecule has 0 saturated carbocycles. The highest BCUT2D eigenvalue weighted by atomic mass is 16.3. The van der Waals surface area contributed by atoms with Crippen LogP contribution in [-0.2, 0) is 0 Å². The third kappa shape index (κ3) is 1.46. The Bertz CT molecular complexity index is 499. The van der Waals surface area contributed by atoms with Crippen LogP contribution in [0.3, 0.4) is 0 Å². The number of aliphatic hydroxyl groups is 1. The molecule has 68 valence electrons. The van der Waals surface area contributed by atoms with E-state index in [0.717, 1.165) is 10.9 Å². The number of para-hydroxylation sites is 1. The summed E-state index contributed by atoms with van der Waals surface area (Å²) in [7, 11) is 0. The molecule has 0 amide bonds. The van der Waals surface area contributed by atoms with Gasteiger partial charge in [0.1, 0.15) is 6.10 Å². The van der Waals surface area contributed by atoms with Gasteiger partial charge in [0.15, 0.2) is 0 Å².